The predicted molar refractivity (Wildman–Crippen MR) is 57.7 cm³/mol. The number of urea groups is 1. The van der Waals surface area contributed by atoms with Gasteiger partial charge in [-0.2, -0.15) is 0 Å². The number of amides is 2. The molecule has 3 N–H and O–H groups in total. The SMILES string of the molecule is Cc1cc([N+](=O)[O-])ccc1S(=O)(=O)NC(N)=O. The van der Waals surface area contributed by atoms with E-state index in [9.17, 15) is 23.3 Å². The Bertz CT molecular complexity index is 581. The highest BCUT2D eigenvalue weighted by molar-refractivity contribution is 7.90. The number of sulfonamides is 1. The third-order valence-corrected chi connectivity index (χ3v) is 3.40. The van der Waals surface area contributed by atoms with Crippen molar-refractivity contribution in [2.75, 3.05) is 0 Å². The number of aryl methyl sites for hydroxylation is 1. The first-order valence-corrected chi connectivity index (χ1v) is 5.79. The number of nitrogens with one attached hydrogen (secondary N) is 1. The van der Waals surface area contributed by atoms with Crippen molar-refractivity contribution in [2.45, 2.75) is 11.8 Å². The molecular formula is C8H9N3O5S. The van der Waals surface area contributed by atoms with Gasteiger partial charge in [0.15, 0.2) is 0 Å². The number of nitrogens with two attached hydrogens (primary N) is 1. The number of hydrogen-bond acceptors (Lipinski definition) is 5. The summed E-state index contributed by atoms with van der Waals surface area (Å²) in [5, 5.41) is 10.5. The van der Waals surface area contributed by atoms with Gasteiger partial charge in [-0.25, -0.2) is 17.9 Å². The third kappa shape index (κ3) is 2.91. The lowest BCUT2D eigenvalue weighted by Crippen LogP contribution is -2.35. The van der Waals surface area contributed by atoms with Crippen LogP contribution in [0.15, 0.2) is 23.1 Å². The quantitative estimate of drug-likeness (QED) is 0.593. The summed E-state index contributed by atoms with van der Waals surface area (Å²) in [6.07, 6.45) is 0. The zero-order chi connectivity index (χ0) is 13.2. The second kappa shape index (κ2) is 4.37. The van der Waals surface area contributed by atoms with Gasteiger partial charge in [0.2, 0.25) is 0 Å². The van der Waals surface area contributed by atoms with Gasteiger partial charge in [0, 0.05) is 12.1 Å². The lowest BCUT2D eigenvalue weighted by Gasteiger charge is -2.06. The van der Waals surface area contributed by atoms with E-state index >= 15 is 0 Å². The summed E-state index contributed by atoms with van der Waals surface area (Å²) >= 11 is 0. The van der Waals surface area contributed by atoms with Crippen LogP contribution in [-0.2, 0) is 10.0 Å². The molecule has 0 heterocycles. The van der Waals surface area contributed by atoms with Crippen molar-refractivity contribution in [2.24, 2.45) is 5.73 Å². The summed E-state index contributed by atoms with van der Waals surface area (Å²) in [6, 6.07) is 1.94. The predicted octanol–water partition coefficient (Wildman–Crippen LogP) is 0.260. The van der Waals surface area contributed by atoms with Crippen LogP contribution in [0.25, 0.3) is 0 Å². The summed E-state index contributed by atoms with van der Waals surface area (Å²) in [5.74, 6) is 0. The topological polar surface area (TPSA) is 132 Å². The minimum absolute atomic E-state index is 0.146. The van der Waals surface area contributed by atoms with E-state index in [-0.39, 0.29) is 16.1 Å². The van der Waals surface area contributed by atoms with Crippen LogP contribution in [0.5, 0.6) is 0 Å². The molecular weight excluding hydrogens is 250 g/mol. The van der Waals surface area contributed by atoms with Crippen LogP contribution in [-0.4, -0.2) is 19.4 Å². The van der Waals surface area contributed by atoms with Gasteiger partial charge in [0.25, 0.3) is 15.7 Å². The molecule has 92 valence electrons. The van der Waals surface area contributed by atoms with E-state index < -0.39 is 21.0 Å². The molecule has 8 nitrogen and oxygen atoms in total. The standard InChI is InChI=1S/C8H9N3O5S/c1-5-4-6(11(13)14)2-3-7(5)17(15,16)10-8(9)12/h2-4H,1H3,(H3,9,10,12). The van der Waals surface area contributed by atoms with Crippen LogP contribution in [0.4, 0.5) is 10.5 Å². The maximum absolute atomic E-state index is 11.6. The molecule has 0 aliphatic heterocycles. The molecule has 0 aromatic heterocycles. The molecule has 0 unspecified atom stereocenters. The smallest absolute Gasteiger partial charge is 0.326 e. The fourth-order valence-electron chi connectivity index (χ4n) is 1.24. The average Bonchev–Trinajstić information content (AvgIpc) is 2.14. The zero-order valence-electron chi connectivity index (χ0n) is 8.71. The molecule has 0 aliphatic carbocycles. The Kier molecular flexibility index (Phi) is 3.32. The molecule has 1 aromatic rings. The van der Waals surface area contributed by atoms with Crippen LogP contribution in [0.1, 0.15) is 5.56 Å². The van der Waals surface area contributed by atoms with Gasteiger partial charge < -0.3 is 5.73 Å². The van der Waals surface area contributed by atoms with E-state index in [4.69, 9.17) is 5.73 Å². The Morgan fingerprint density at radius 2 is 2.06 bits per heavy atom. The molecule has 9 heteroatoms. The van der Waals surface area contributed by atoms with E-state index in [1.807, 2.05) is 0 Å². The van der Waals surface area contributed by atoms with Gasteiger partial charge in [-0.05, 0) is 18.6 Å². The van der Waals surface area contributed by atoms with Gasteiger partial charge >= 0.3 is 6.03 Å². The van der Waals surface area contributed by atoms with E-state index in [0.717, 1.165) is 18.2 Å². The van der Waals surface area contributed by atoms with Crippen molar-refractivity contribution in [3.05, 3.63) is 33.9 Å². The number of carbonyl (C=O) groups is 1. The van der Waals surface area contributed by atoms with Crippen molar-refractivity contribution in [1.82, 2.24) is 4.72 Å². The molecule has 17 heavy (non-hydrogen) atoms. The van der Waals surface area contributed by atoms with E-state index in [2.05, 4.69) is 0 Å². The van der Waals surface area contributed by atoms with E-state index in [1.165, 1.54) is 6.92 Å². The van der Waals surface area contributed by atoms with Crippen LogP contribution < -0.4 is 10.5 Å². The minimum atomic E-state index is -4.08. The highest BCUT2D eigenvalue weighted by atomic mass is 32.2. The van der Waals surface area contributed by atoms with Gasteiger partial charge in [0.05, 0.1) is 9.82 Å². The fourth-order valence-corrected chi connectivity index (χ4v) is 2.34. The number of hydrogen-bond donors (Lipinski definition) is 2. The average molecular weight is 259 g/mol. The van der Waals surface area contributed by atoms with Crippen LogP contribution in [0, 0.1) is 17.0 Å². The summed E-state index contributed by atoms with van der Waals surface area (Å²) in [5.41, 5.74) is 4.62. The number of benzene rings is 1. The largest absolute Gasteiger partial charge is 0.351 e. The third-order valence-electron chi connectivity index (χ3n) is 1.89. The molecule has 0 saturated carbocycles. The number of nitro benzene ring substituents is 1. The molecule has 0 aliphatic rings. The fraction of sp³-hybridized carbons (Fsp3) is 0.125. The van der Waals surface area contributed by atoms with Crippen LogP contribution >= 0.6 is 0 Å². The molecule has 1 aromatic carbocycles. The molecule has 0 atom stereocenters. The minimum Gasteiger partial charge on any atom is -0.351 e. The van der Waals surface area contributed by atoms with E-state index in [0.29, 0.717) is 0 Å². The summed E-state index contributed by atoms with van der Waals surface area (Å²) < 4.78 is 24.7. The molecule has 2 amide bonds. The van der Waals surface area contributed by atoms with Gasteiger partial charge in [-0.1, -0.05) is 0 Å². The van der Waals surface area contributed by atoms with E-state index in [1.54, 1.807) is 4.72 Å². The Morgan fingerprint density at radius 3 is 2.47 bits per heavy atom. The number of non-ortho nitro benzene ring substituents is 1. The number of rotatable bonds is 3. The maximum atomic E-state index is 11.6. The Labute approximate surface area is 96.6 Å². The monoisotopic (exact) mass is 259 g/mol. The van der Waals surface area contributed by atoms with Crippen molar-refractivity contribution >= 4 is 21.7 Å². The Morgan fingerprint density at radius 1 is 1.47 bits per heavy atom. The number of nitro groups is 1. The number of carbonyl (C=O) groups excluding carboxylic acids is 1. The first-order chi connectivity index (χ1) is 7.74. The first kappa shape index (κ1) is 12.9. The molecule has 0 spiro atoms. The molecule has 0 radical (unpaired) electrons. The number of nitrogens with zero attached hydrogens (tertiary/aromatic N) is 1. The van der Waals surface area contributed by atoms with Crippen molar-refractivity contribution in [3.8, 4) is 0 Å². The molecule has 0 saturated heterocycles. The summed E-state index contributed by atoms with van der Waals surface area (Å²) in [6.45, 7) is 1.38. The number of primary amides is 1. The second-order valence-corrected chi connectivity index (χ2v) is 4.83. The van der Waals surface area contributed by atoms with Crippen LogP contribution in [0.2, 0.25) is 0 Å². The first-order valence-electron chi connectivity index (χ1n) is 4.31. The Balaban J connectivity index is 3.25. The normalized spacial score (nSPS) is 10.9. The lowest BCUT2D eigenvalue weighted by molar-refractivity contribution is -0.385. The summed E-state index contributed by atoms with van der Waals surface area (Å²) in [7, 11) is -4.08. The molecule has 1 rings (SSSR count). The summed E-state index contributed by atoms with van der Waals surface area (Å²) in [4.78, 5) is 20.1. The Hall–Kier alpha value is -2.16. The van der Waals surface area contributed by atoms with Gasteiger partial charge in [-0.3, -0.25) is 10.1 Å². The van der Waals surface area contributed by atoms with Crippen molar-refractivity contribution in [3.63, 3.8) is 0 Å². The second-order valence-electron chi connectivity index (χ2n) is 3.18. The zero-order valence-corrected chi connectivity index (χ0v) is 9.52. The molecule has 0 fully saturated rings. The van der Waals surface area contributed by atoms with Gasteiger partial charge in [0.1, 0.15) is 0 Å². The highest BCUT2D eigenvalue weighted by Crippen LogP contribution is 2.20. The van der Waals surface area contributed by atoms with Crippen molar-refractivity contribution < 1.29 is 18.1 Å². The maximum Gasteiger partial charge on any atom is 0.326 e. The van der Waals surface area contributed by atoms with Gasteiger partial charge in [-0.15, -0.1) is 0 Å². The van der Waals surface area contributed by atoms with Crippen molar-refractivity contribution in [1.29, 1.82) is 0 Å². The molecule has 0 bridgehead atoms. The lowest BCUT2D eigenvalue weighted by atomic mass is 10.2. The highest BCUT2D eigenvalue weighted by Gasteiger charge is 2.20. The van der Waals surface area contributed by atoms with Crippen LogP contribution in [0.3, 0.4) is 0 Å².